The van der Waals surface area contributed by atoms with E-state index in [0.717, 1.165) is 6.42 Å². The first kappa shape index (κ1) is 13.5. The number of hydrogen-bond acceptors (Lipinski definition) is 4. The fourth-order valence-electron chi connectivity index (χ4n) is 1.84. The van der Waals surface area contributed by atoms with Crippen molar-refractivity contribution in [1.82, 2.24) is 5.43 Å². The van der Waals surface area contributed by atoms with Crippen molar-refractivity contribution in [2.45, 2.75) is 24.9 Å². The predicted octanol–water partition coefficient (Wildman–Crippen LogP) is 1.80. The number of benzene rings is 1. The van der Waals surface area contributed by atoms with E-state index >= 15 is 0 Å². The van der Waals surface area contributed by atoms with Gasteiger partial charge in [0.05, 0.1) is 5.69 Å². The molecular weight excluding hydrogens is 270 g/mol. The van der Waals surface area contributed by atoms with Crippen molar-refractivity contribution in [3.8, 4) is 0 Å². The Morgan fingerprint density at radius 3 is 2.37 bits per heavy atom. The monoisotopic (exact) mass is 283 g/mol. The standard InChI is InChI=1S/C12H14ClN3O3/c13-8-2-4-9(5-3-8)15-16-10(17)12(6-1-7-12)19-11(14)18/h2-5,15H,1,6-7H2,(H2,14,18)(H,16,17). The third-order valence-electron chi connectivity index (χ3n) is 3.04. The Balaban J connectivity index is 1.93. The highest BCUT2D eigenvalue weighted by Gasteiger charge is 2.47. The highest BCUT2D eigenvalue weighted by atomic mass is 35.5. The molecule has 1 fully saturated rings. The molecule has 0 bridgehead atoms. The summed E-state index contributed by atoms with van der Waals surface area (Å²) in [5.41, 5.74) is 9.74. The summed E-state index contributed by atoms with van der Waals surface area (Å²) < 4.78 is 4.91. The number of primary amides is 1. The summed E-state index contributed by atoms with van der Waals surface area (Å²) in [6, 6.07) is 6.81. The second-order valence-corrected chi connectivity index (χ2v) is 4.79. The lowest BCUT2D eigenvalue weighted by Gasteiger charge is -2.38. The van der Waals surface area contributed by atoms with Gasteiger partial charge >= 0.3 is 6.09 Å². The molecule has 1 aliphatic rings. The molecule has 0 radical (unpaired) electrons. The Hall–Kier alpha value is -1.95. The Labute approximate surface area is 115 Å². The number of carbonyl (C=O) groups is 2. The summed E-state index contributed by atoms with van der Waals surface area (Å²) in [5, 5.41) is 0.601. The van der Waals surface area contributed by atoms with Gasteiger partial charge in [0.15, 0.2) is 5.60 Å². The van der Waals surface area contributed by atoms with Crippen molar-refractivity contribution >= 4 is 29.3 Å². The van der Waals surface area contributed by atoms with Crippen LogP contribution in [0, 0.1) is 0 Å². The molecule has 0 saturated heterocycles. The van der Waals surface area contributed by atoms with Gasteiger partial charge < -0.3 is 10.5 Å². The van der Waals surface area contributed by atoms with Crippen LogP contribution in [-0.2, 0) is 9.53 Å². The Bertz CT molecular complexity index is 485. The van der Waals surface area contributed by atoms with Gasteiger partial charge in [0, 0.05) is 5.02 Å². The van der Waals surface area contributed by atoms with Gasteiger partial charge in [0.2, 0.25) is 0 Å². The fourth-order valence-corrected chi connectivity index (χ4v) is 1.97. The normalized spacial score (nSPS) is 16.1. The van der Waals surface area contributed by atoms with Crippen molar-refractivity contribution in [2.75, 3.05) is 5.43 Å². The highest BCUT2D eigenvalue weighted by Crippen LogP contribution is 2.35. The topological polar surface area (TPSA) is 93.5 Å². The van der Waals surface area contributed by atoms with Gasteiger partial charge in [-0.15, -0.1) is 0 Å². The Morgan fingerprint density at radius 1 is 1.26 bits per heavy atom. The summed E-state index contributed by atoms with van der Waals surface area (Å²) in [5.74, 6) is -0.410. The summed E-state index contributed by atoms with van der Waals surface area (Å²) in [7, 11) is 0. The number of anilines is 1. The number of rotatable bonds is 4. The average Bonchev–Trinajstić information content (AvgIpc) is 2.32. The molecule has 4 N–H and O–H groups in total. The van der Waals surface area contributed by atoms with Crippen molar-refractivity contribution in [3.63, 3.8) is 0 Å². The van der Waals surface area contributed by atoms with Gasteiger partial charge in [-0.2, -0.15) is 0 Å². The molecule has 2 amide bonds. The number of amides is 2. The quantitative estimate of drug-likeness (QED) is 0.735. The van der Waals surface area contributed by atoms with Crippen LogP contribution in [0.1, 0.15) is 19.3 Å². The zero-order chi connectivity index (χ0) is 13.9. The molecule has 0 heterocycles. The first-order valence-corrected chi connectivity index (χ1v) is 6.20. The highest BCUT2D eigenvalue weighted by molar-refractivity contribution is 6.30. The van der Waals surface area contributed by atoms with E-state index in [0.29, 0.717) is 23.6 Å². The van der Waals surface area contributed by atoms with Crippen molar-refractivity contribution in [1.29, 1.82) is 0 Å². The SMILES string of the molecule is NC(=O)OC1(C(=O)NNc2ccc(Cl)cc2)CCC1. The van der Waals surface area contributed by atoms with Gasteiger partial charge in [-0.05, 0) is 43.5 Å². The third kappa shape index (κ3) is 3.08. The molecule has 6 nitrogen and oxygen atoms in total. The maximum atomic E-state index is 12.0. The van der Waals surface area contributed by atoms with Crippen molar-refractivity contribution in [3.05, 3.63) is 29.3 Å². The number of carbonyl (C=O) groups excluding carboxylic acids is 2. The predicted molar refractivity (Wildman–Crippen MR) is 70.5 cm³/mol. The molecule has 102 valence electrons. The largest absolute Gasteiger partial charge is 0.433 e. The van der Waals surface area contributed by atoms with Crippen LogP contribution in [0.25, 0.3) is 0 Å². The first-order chi connectivity index (χ1) is 9.02. The lowest BCUT2D eigenvalue weighted by atomic mass is 9.79. The van der Waals surface area contributed by atoms with E-state index in [2.05, 4.69) is 10.9 Å². The number of nitrogens with one attached hydrogen (secondary N) is 2. The Morgan fingerprint density at radius 2 is 1.89 bits per heavy atom. The molecule has 0 aliphatic heterocycles. The summed E-state index contributed by atoms with van der Waals surface area (Å²) >= 11 is 5.75. The first-order valence-electron chi connectivity index (χ1n) is 5.82. The fraction of sp³-hybridized carbons (Fsp3) is 0.333. The molecule has 0 spiro atoms. The van der Waals surface area contributed by atoms with Gasteiger partial charge in [-0.25, -0.2) is 4.79 Å². The average molecular weight is 284 g/mol. The minimum Gasteiger partial charge on any atom is -0.433 e. The second-order valence-electron chi connectivity index (χ2n) is 4.35. The number of hydrazine groups is 1. The van der Waals surface area contributed by atoms with Crippen LogP contribution >= 0.6 is 11.6 Å². The molecule has 1 aromatic rings. The van der Waals surface area contributed by atoms with Gasteiger partial charge in [0.1, 0.15) is 0 Å². The van der Waals surface area contributed by atoms with Crippen LogP contribution < -0.4 is 16.6 Å². The van der Waals surface area contributed by atoms with Crippen LogP contribution in [0.2, 0.25) is 5.02 Å². The van der Waals surface area contributed by atoms with Crippen LogP contribution in [0.3, 0.4) is 0 Å². The van der Waals surface area contributed by atoms with E-state index in [-0.39, 0.29) is 0 Å². The smallest absolute Gasteiger partial charge is 0.405 e. The molecule has 2 rings (SSSR count). The second kappa shape index (κ2) is 5.36. The van der Waals surface area contributed by atoms with E-state index < -0.39 is 17.6 Å². The zero-order valence-electron chi connectivity index (χ0n) is 10.1. The van der Waals surface area contributed by atoms with Gasteiger partial charge in [-0.3, -0.25) is 15.6 Å². The number of nitrogens with two attached hydrogens (primary N) is 1. The number of halogens is 1. The van der Waals surface area contributed by atoms with E-state index in [1.807, 2.05) is 0 Å². The van der Waals surface area contributed by atoms with Crippen molar-refractivity contribution in [2.24, 2.45) is 5.73 Å². The number of hydrogen-bond donors (Lipinski definition) is 3. The zero-order valence-corrected chi connectivity index (χ0v) is 10.9. The van der Waals surface area contributed by atoms with E-state index in [4.69, 9.17) is 22.1 Å². The molecule has 0 aromatic heterocycles. The maximum absolute atomic E-state index is 12.0. The summed E-state index contributed by atoms with van der Waals surface area (Å²) in [6.07, 6.45) is 0.830. The van der Waals surface area contributed by atoms with Crippen LogP contribution in [0.4, 0.5) is 10.5 Å². The van der Waals surface area contributed by atoms with Crippen molar-refractivity contribution < 1.29 is 14.3 Å². The molecular formula is C12H14ClN3O3. The van der Waals surface area contributed by atoms with Crippen LogP contribution in [0.15, 0.2) is 24.3 Å². The molecule has 19 heavy (non-hydrogen) atoms. The van der Waals surface area contributed by atoms with E-state index in [1.165, 1.54) is 0 Å². The minimum absolute atomic E-state index is 0.410. The molecule has 7 heteroatoms. The lowest BCUT2D eigenvalue weighted by Crippen LogP contribution is -2.56. The van der Waals surface area contributed by atoms with Crippen LogP contribution in [0.5, 0.6) is 0 Å². The van der Waals surface area contributed by atoms with Gasteiger partial charge in [0.25, 0.3) is 5.91 Å². The summed E-state index contributed by atoms with van der Waals surface area (Å²) in [4.78, 5) is 22.8. The lowest BCUT2D eigenvalue weighted by molar-refractivity contribution is -0.148. The maximum Gasteiger partial charge on any atom is 0.405 e. The van der Waals surface area contributed by atoms with Crippen LogP contribution in [-0.4, -0.2) is 17.6 Å². The number of ether oxygens (including phenoxy) is 1. The molecule has 1 aromatic carbocycles. The van der Waals surface area contributed by atoms with Gasteiger partial charge in [-0.1, -0.05) is 11.6 Å². The molecule has 0 unspecified atom stereocenters. The molecule has 1 aliphatic carbocycles. The van der Waals surface area contributed by atoms with E-state index in [9.17, 15) is 9.59 Å². The van der Waals surface area contributed by atoms with E-state index in [1.54, 1.807) is 24.3 Å². The summed E-state index contributed by atoms with van der Waals surface area (Å²) in [6.45, 7) is 0. The minimum atomic E-state index is -1.13. The Kier molecular flexibility index (Phi) is 3.80. The molecule has 1 saturated carbocycles. The molecule has 0 atom stereocenters. The third-order valence-corrected chi connectivity index (χ3v) is 3.29.